The van der Waals surface area contributed by atoms with Crippen molar-refractivity contribution in [2.24, 2.45) is 11.8 Å². The third-order valence-corrected chi connectivity index (χ3v) is 3.68. The van der Waals surface area contributed by atoms with Crippen molar-refractivity contribution in [3.8, 4) is 5.75 Å². The predicted molar refractivity (Wildman–Crippen MR) is 68.2 cm³/mol. The lowest BCUT2D eigenvalue weighted by atomic mass is 9.78. The quantitative estimate of drug-likeness (QED) is 0.799. The molecular weight excluding hydrogens is 212 g/mol. The molecule has 2 rings (SSSR count). The monoisotopic (exact) mass is 232 g/mol. The van der Waals surface area contributed by atoms with Gasteiger partial charge in [-0.1, -0.05) is 25.1 Å². The maximum Gasteiger partial charge on any atom is 0.136 e. The largest absolute Gasteiger partial charge is 0.496 e. The highest BCUT2D eigenvalue weighted by molar-refractivity contribution is 5.82. The van der Waals surface area contributed by atoms with Crippen molar-refractivity contribution in [3.63, 3.8) is 0 Å². The molecule has 0 amide bonds. The summed E-state index contributed by atoms with van der Waals surface area (Å²) in [6, 6.07) is 8.00. The van der Waals surface area contributed by atoms with Crippen molar-refractivity contribution < 1.29 is 9.53 Å². The number of rotatable bonds is 3. The molecule has 0 saturated heterocycles. The van der Waals surface area contributed by atoms with E-state index >= 15 is 0 Å². The van der Waals surface area contributed by atoms with Gasteiger partial charge in [0, 0.05) is 12.3 Å². The van der Waals surface area contributed by atoms with Crippen molar-refractivity contribution in [2.75, 3.05) is 7.11 Å². The Morgan fingerprint density at radius 2 is 2.12 bits per heavy atom. The number of ether oxygens (including phenoxy) is 1. The molecule has 2 nitrogen and oxygen atoms in total. The van der Waals surface area contributed by atoms with Gasteiger partial charge in [0.15, 0.2) is 0 Å². The van der Waals surface area contributed by atoms with Gasteiger partial charge in [-0.15, -0.1) is 0 Å². The third-order valence-electron chi connectivity index (χ3n) is 3.68. The van der Waals surface area contributed by atoms with Crippen molar-refractivity contribution >= 4 is 5.78 Å². The molecule has 1 aliphatic carbocycles. The van der Waals surface area contributed by atoms with Gasteiger partial charge in [-0.2, -0.15) is 0 Å². The minimum absolute atomic E-state index is 0.190. The number of hydrogen-bond donors (Lipinski definition) is 0. The first-order chi connectivity index (χ1) is 8.20. The normalized spacial score (nSPS) is 24.7. The van der Waals surface area contributed by atoms with Crippen LogP contribution in [0, 0.1) is 11.8 Å². The van der Waals surface area contributed by atoms with Gasteiger partial charge >= 0.3 is 0 Å². The van der Waals surface area contributed by atoms with Crippen molar-refractivity contribution in [3.05, 3.63) is 29.8 Å². The lowest BCUT2D eigenvalue weighted by Gasteiger charge is -2.26. The molecule has 2 unspecified atom stereocenters. The lowest BCUT2D eigenvalue weighted by molar-refractivity contribution is -0.125. The molecule has 0 bridgehead atoms. The Kier molecular flexibility index (Phi) is 3.82. The molecule has 2 heteroatoms. The zero-order valence-corrected chi connectivity index (χ0v) is 10.6. The summed E-state index contributed by atoms with van der Waals surface area (Å²) in [5.41, 5.74) is 1.16. The highest BCUT2D eigenvalue weighted by Crippen LogP contribution is 2.30. The molecule has 0 aromatic heterocycles. The van der Waals surface area contributed by atoms with Crippen LogP contribution in [0.25, 0.3) is 0 Å². The van der Waals surface area contributed by atoms with Crippen LogP contribution in [0.1, 0.15) is 31.7 Å². The number of ketones is 1. The average molecular weight is 232 g/mol. The number of methoxy groups -OCH3 is 1. The van der Waals surface area contributed by atoms with E-state index in [0.29, 0.717) is 11.7 Å². The predicted octanol–water partition coefficient (Wildman–Crippen LogP) is 3.24. The van der Waals surface area contributed by atoms with Crippen molar-refractivity contribution in [2.45, 2.75) is 32.6 Å². The van der Waals surface area contributed by atoms with Gasteiger partial charge < -0.3 is 4.74 Å². The van der Waals surface area contributed by atoms with E-state index in [0.717, 1.165) is 37.0 Å². The van der Waals surface area contributed by atoms with Gasteiger partial charge in [-0.3, -0.25) is 4.79 Å². The zero-order valence-electron chi connectivity index (χ0n) is 10.6. The van der Waals surface area contributed by atoms with E-state index in [9.17, 15) is 4.79 Å². The number of carbonyl (C=O) groups is 1. The summed E-state index contributed by atoms with van der Waals surface area (Å²) in [5.74, 6) is 2.19. The fourth-order valence-corrected chi connectivity index (χ4v) is 2.66. The third kappa shape index (κ3) is 2.87. The summed E-state index contributed by atoms with van der Waals surface area (Å²) in [5, 5.41) is 0. The maximum atomic E-state index is 11.9. The Morgan fingerprint density at radius 1 is 1.35 bits per heavy atom. The van der Waals surface area contributed by atoms with Crippen LogP contribution in [0.3, 0.4) is 0 Å². The molecule has 0 heterocycles. The Hall–Kier alpha value is -1.31. The van der Waals surface area contributed by atoms with Gasteiger partial charge in [-0.05, 0) is 36.8 Å². The van der Waals surface area contributed by atoms with E-state index in [1.807, 2.05) is 18.2 Å². The van der Waals surface area contributed by atoms with E-state index < -0.39 is 0 Å². The number of carbonyl (C=O) groups excluding carboxylic acids is 1. The van der Waals surface area contributed by atoms with E-state index in [-0.39, 0.29) is 5.92 Å². The SMILES string of the molecule is COc1ccccc1CC1CC(C)CCC1=O. The van der Waals surface area contributed by atoms with Gasteiger partial charge in [0.05, 0.1) is 7.11 Å². The molecule has 1 aliphatic rings. The van der Waals surface area contributed by atoms with E-state index in [4.69, 9.17) is 4.74 Å². The average Bonchev–Trinajstić information content (AvgIpc) is 2.34. The zero-order chi connectivity index (χ0) is 12.3. The highest BCUT2D eigenvalue weighted by Gasteiger charge is 2.27. The van der Waals surface area contributed by atoms with Crippen LogP contribution >= 0.6 is 0 Å². The number of hydrogen-bond acceptors (Lipinski definition) is 2. The molecule has 17 heavy (non-hydrogen) atoms. The van der Waals surface area contributed by atoms with Crippen LogP contribution in [-0.4, -0.2) is 12.9 Å². The fourth-order valence-electron chi connectivity index (χ4n) is 2.66. The first kappa shape index (κ1) is 12.2. The molecule has 0 radical (unpaired) electrons. The summed E-state index contributed by atoms with van der Waals surface area (Å²) < 4.78 is 5.34. The van der Waals surface area contributed by atoms with Crippen LogP contribution in [0.5, 0.6) is 5.75 Å². The first-order valence-electron chi connectivity index (χ1n) is 6.35. The Morgan fingerprint density at radius 3 is 2.88 bits per heavy atom. The van der Waals surface area contributed by atoms with Crippen molar-refractivity contribution in [1.29, 1.82) is 0 Å². The van der Waals surface area contributed by atoms with E-state index in [1.54, 1.807) is 7.11 Å². The summed E-state index contributed by atoms with van der Waals surface area (Å²) in [6.45, 7) is 2.24. The summed E-state index contributed by atoms with van der Waals surface area (Å²) >= 11 is 0. The fraction of sp³-hybridized carbons (Fsp3) is 0.533. The maximum absolute atomic E-state index is 11.9. The van der Waals surface area contributed by atoms with Crippen molar-refractivity contribution in [1.82, 2.24) is 0 Å². The molecule has 1 saturated carbocycles. The molecule has 1 fully saturated rings. The van der Waals surface area contributed by atoms with Crippen LogP contribution in [0.2, 0.25) is 0 Å². The van der Waals surface area contributed by atoms with E-state index in [2.05, 4.69) is 13.0 Å². The Bertz CT molecular complexity index is 398. The Labute approximate surface area is 103 Å². The second-order valence-corrected chi connectivity index (χ2v) is 5.06. The highest BCUT2D eigenvalue weighted by atomic mass is 16.5. The number of benzene rings is 1. The summed E-state index contributed by atoms with van der Waals surface area (Å²) in [4.78, 5) is 11.9. The molecule has 0 aliphatic heterocycles. The molecule has 1 aromatic rings. The summed E-state index contributed by atoms with van der Waals surface area (Å²) in [6.07, 6.45) is 3.66. The minimum Gasteiger partial charge on any atom is -0.496 e. The second-order valence-electron chi connectivity index (χ2n) is 5.06. The van der Waals surface area contributed by atoms with Crippen LogP contribution in [0.4, 0.5) is 0 Å². The van der Waals surface area contributed by atoms with Crippen LogP contribution in [-0.2, 0) is 11.2 Å². The van der Waals surface area contributed by atoms with Gasteiger partial charge in [0.2, 0.25) is 0 Å². The minimum atomic E-state index is 0.190. The Balaban J connectivity index is 2.11. The summed E-state index contributed by atoms with van der Waals surface area (Å²) in [7, 11) is 1.68. The molecule has 0 spiro atoms. The van der Waals surface area contributed by atoms with Crippen LogP contribution in [0.15, 0.2) is 24.3 Å². The second kappa shape index (κ2) is 5.35. The molecule has 2 atom stereocenters. The molecule has 92 valence electrons. The smallest absolute Gasteiger partial charge is 0.136 e. The molecule has 0 N–H and O–H groups in total. The molecular formula is C15H20O2. The first-order valence-corrected chi connectivity index (χ1v) is 6.35. The van der Waals surface area contributed by atoms with Crippen LogP contribution < -0.4 is 4.74 Å². The standard InChI is InChI=1S/C15H20O2/c1-11-7-8-14(16)13(9-11)10-12-5-3-4-6-15(12)17-2/h3-6,11,13H,7-10H2,1-2H3. The topological polar surface area (TPSA) is 26.3 Å². The number of para-hydroxylation sites is 1. The number of Topliss-reactive ketones (excluding diaryl/α,β-unsaturated/α-hetero) is 1. The van der Waals surface area contributed by atoms with Gasteiger partial charge in [-0.25, -0.2) is 0 Å². The van der Waals surface area contributed by atoms with Gasteiger partial charge in [0.1, 0.15) is 11.5 Å². The van der Waals surface area contributed by atoms with E-state index in [1.165, 1.54) is 0 Å². The molecule has 1 aromatic carbocycles. The lowest BCUT2D eigenvalue weighted by Crippen LogP contribution is -2.25. The van der Waals surface area contributed by atoms with Gasteiger partial charge in [0.25, 0.3) is 0 Å².